The quantitative estimate of drug-likeness (QED) is 0.606. The molecule has 4 atom stereocenters. The summed E-state index contributed by atoms with van der Waals surface area (Å²) in [6, 6.07) is 4.70. The van der Waals surface area contributed by atoms with Crippen LogP contribution in [0.25, 0.3) is 0 Å². The molecule has 0 amide bonds. The standard InChI is InChI=1S/C10H10O5/c11-4-1-2-5(7-9(12)14-7)6(3-4)8-10(13)15-8/h1-3,7-13H/t7?,8?,9?,10-/m1/s1. The van der Waals surface area contributed by atoms with E-state index >= 15 is 0 Å². The minimum absolute atomic E-state index is 0.103. The molecule has 2 aliphatic heterocycles. The SMILES string of the molecule is Oc1ccc(C2OC2O)c(C2O[C@H]2O)c1. The van der Waals surface area contributed by atoms with Gasteiger partial charge >= 0.3 is 0 Å². The maximum atomic E-state index is 9.33. The van der Waals surface area contributed by atoms with Crippen molar-refractivity contribution in [2.24, 2.45) is 0 Å². The van der Waals surface area contributed by atoms with Crippen LogP contribution >= 0.6 is 0 Å². The molecule has 0 aliphatic carbocycles. The number of aliphatic hydroxyl groups excluding tert-OH is 2. The van der Waals surface area contributed by atoms with Gasteiger partial charge in [0.05, 0.1) is 0 Å². The maximum Gasteiger partial charge on any atom is 0.186 e. The molecule has 0 aromatic heterocycles. The van der Waals surface area contributed by atoms with E-state index in [9.17, 15) is 5.11 Å². The lowest BCUT2D eigenvalue weighted by Crippen LogP contribution is -1.95. The van der Waals surface area contributed by atoms with Crippen LogP contribution in [0, 0.1) is 0 Å². The van der Waals surface area contributed by atoms with Gasteiger partial charge in [0.25, 0.3) is 0 Å². The zero-order valence-electron chi connectivity index (χ0n) is 7.70. The van der Waals surface area contributed by atoms with Crippen LogP contribution in [0.4, 0.5) is 0 Å². The van der Waals surface area contributed by atoms with Gasteiger partial charge in [-0.2, -0.15) is 0 Å². The molecule has 3 rings (SSSR count). The molecule has 2 aliphatic rings. The van der Waals surface area contributed by atoms with Crippen molar-refractivity contribution in [1.29, 1.82) is 0 Å². The molecule has 15 heavy (non-hydrogen) atoms. The lowest BCUT2D eigenvalue weighted by molar-refractivity contribution is 0.155. The number of phenols is 1. The van der Waals surface area contributed by atoms with Crippen LogP contribution in [0.15, 0.2) is 18.2 Å². The summed E-state index contributed by atoms with van der Waals surface area (Å²) in [5.41, 5.74) is 1.42. The van der Waals surface area contributed by atoms with Crippen molar-refractivity contribution in [1.82, 2.24) is 0 Å². The summed E-state index contributed by atoms with van der Waals surface area (Å²) in [4.78, 5) is 0. The molecule has 3 N–H and O–H groups in total. The number of hydrogen-bond donors (Lipinski definition) is 3. The van der Waals surface area contributed by atoms with Crippen molar-refractivity contribution < 1.29 is 24.8 Å². The minimum Gasteiger partial charge on any atom is -0.508 e. The number of ether oxygens (including phenoxy) is 2. The highest BCUT2D eigenvalue weighted by molar-refractivity contribution is 5.40. The van der Waals surface area contributed by atoms with Gasteiger partial charge in [0, 0.05) is 0 Å². The van der Waals surface area contributed by atoms with Gasteiger partial charge in [-0.1, -0.05) is 6.07 Å². The van der Waals surface area contributed by atoms with Crippen molar-refractivity contribution in [3.8, 4) is 5.75 Å². The number of phenolic OH excluding ortho intramolecular Hbond substituents is 1. The van der Waals surface area contributed by atoms with Crippen molar-refractivity contribution in [3.63, 3.8) is 0 Å². The summed E-state index contributed by atoms with van der Waals surface area (Å²) in [5, 5.41) is 27.6. The number of benzene rings is 1. The first-order valence-electron chi connectivity index (χ1n) is 4.66. The molecular formula is C10H10O5. The van der Waals surface area contributed by atoms with E-state index in [2.05, 4.69) is 0 Å². The third-order valence-electron chi connectivity index (χ3n) is 2.62. The highest BCUT2D eigenvalue weighted by atomic mass is 16.7. The normalized spacial score (nSPS) is 37.7. The third kappa shape index (κ3) is 1.49. The molecule has 5 nitrogen and oxygen atoms in total. The second kappa shape index (κ2) is 2.93. The van der Waals surface area contributed by atoms with Gasteiger partial charge in [-0.25, -0.2) is 0 Å². The summed E-state index contributed by atoms with van der Waals surface area (Å²) < 4.78 is 9.85. The van der Waals surface area contributed by atoms with E-state index in [0.29, 0.717) is 5.56 Å². The second-order valence-electron chi connectivity index (χ2n) is 3.71. The zero-order valence-corrected chi connectivity index (χ0v) is 7.70. The predicted molar refractivity (Wildman–Crippen MR) is 47.8 cm³/mol. The molecule has 0 spiro atoms. The molecule has 2 saturated heterocycles. The summed E-state index contributed by atoms with van der Waals surface area (Å²) in [6.45, 7) is 0. The van der Waals surface area contributed by atoms with Crippen LogP contribution in [-0.2, 0) is 9.47 Å². The number of epoxide rings is 2. The fourth-order valence-electron chi connectivity index (χ4n) is 1.73. The van der Waals surface area contributed by atoms with Crippen molar-refractivity contribution in [2.75, 3.05) is 0 Å². The predicted octanol–water partition coefficient (Wildman–Crippen LogP) is 0.172. The van der Waals surface area contributed by atoms with Crippen LogP contribution in [0.1, 0.15) is 23.3 Å². The molecule has 2 heterocycles. The van der Waals surface area contributed by atoms with Gasteiger partial charge in [0.1, 0.15) is 18.0 Å². The molecule has 1 aromatic rings. The smallest absolute Gasteiger partial charge is 0.186 e. The summed E-state index contributed by atoms with van der Waals surface area (Å²) in [6.07, 6.45) is -2.38. The second-order valence-corrected chi connectivity index (χ2v) is 3.71. The van der Waals surface area contributed by atoms with E-state index in [-0.39, 0.29) is 11.9 Å². The molecule has 0 radical (unpaired) electrons. The van der Waals surface area contributed by atoms with Gasteiger partial charge in [0.15, 0.2) is 12.6 Å². The molecular weight excluding hydrogens is 200 g/mol. The van der Waals surface area contributed by atoms with E-state index in [1.807, 2.05) is 0 Å². The molecule has 1 aromatic carbocycles. The molecule has 0 saturated carbocycles. The van der Waals surface area contributed by atoms with Crippen molar-refractivity contribution in [2.45, 2.75) is 24.8 Å². The topological polar surface area (TPSA) is 85.8 Å². The summed E-state index contributed by atoms with van der Waals surface area (Å²) >= 11 is 0. The highest BCUT2D eigenvalue weighted by Crippen LogP contribution is 2.46. The molecule has 80 valence electrons. The molecule has 2 fully saturated rings. The Labute approximate surface area is 85.5 Å². The van der Waals surface area contributed by atoms with E-state index in [4.69, 9.17) is 19.7 Å². The van der Waals surface area contributed by atoms with E-state index < -0.39 is 18.7 Å². The first-order valence-corrected chi connectivity index (χ1v) is 4.66. The average Bonchev–Trinajstić information content (AvgIpc) is 3.06. The number of hydrogen-bond acceptors (Lipinski definition) is 5. The first-order chi connectivity index (χ1) is 7.16. The van der Waals surface area contributed by atoms with E-state index in [0.717, 1.165) is 5.56 Å². The number of aromatic hydroxyl groups is 1. The van der Waals surface area contributed by atoms with Crippen LogP contribution < -0.4 is 0 Å². The van der Waals surface area contributed by atoms with E-state index in [1.54, 1.807) is 6.07 Å². The Bertz CT molecular complexity index is 405. The molecule has 3 unspecified atom stereocenters. The van der Waals surface area contributed by atoms with E-state index in [1.165, 1.54) is 12.1 Å². The van der Waals surface area contributed by atoms with Gasteiger partial charge in [0.2, 0.25) is 0 Å². The Kier molecular flexibility index (Phi) is 1.78. The Balaban J connectivity index is 1.98. The van der Waals surface area contributed by atoms with Crippen LogP contribution in [0.5, 0.6) is 5.75 Å². The Morgan fingerprint density at radius 3 is 2.00 bits per heavy atom. The fourth-order valence-corrected chi connectivity index (χ4v) is 1.73. The highest BCUT2D eigenvalue weighted by Gasteiger charge is 2.46. The maximum absolute atomic E-state index is 9.33. The number of rotatable bonds is 2. The summed E-state index contributed by atoms with van der Waals surface area (Å²) in [5.74, 6) is 0.103. The van der Waals surface area contributed by atoms with Crippen molar-refractivity contribution in [3.05, 3.63) is 29.3 Å². The van der Waals surface area contributed by atoms with Gasteiger partial charge in [-0.3, -0.25) is 0 Å². The molecule has 0 bridgehead atoms. The van der Waals surface area contributed by atoms with Crippen LogP contribution in [0.3, 0.4) is 0 Å². The van der Waals surface area contributed by atoms with Gasteiger partial charge < -0.3 is 24.8 Å². The van der Waals surface area contributed by atoms with Crippen molar-refractivity contribution >= 4 is 0 Å². The third-order valence-corrected chi connectivity index (χ3v) is 2.62. The average molecular weight is 210 g/mol. The van der Waals surface area contributed by atoms with Gasteiger partial charge in [-0.15, -0.1) is 0 Å². The monoisotopic (exact) mass is 210 g/mol. The Morgan fingerprint density at radius 2 is 1.47 bits per heavy atom. The fraction of sp³-hybridized carbons (Fsp3) is 0.400. The summed E-state index contributed by atoms with van der Waals surface area (Å²) in [7, 11) is 0. The minimum atomic E-state index is -0.818. The number of aliphatic hydroxyl groups is 2. The van der Waals surface area contributed by atoms with Gasteiger partial charge in [-0.05, 0) is 23.3 Å². The lowest BCUT2D eigenvalue weighted by atomic mass is 10.0. The van der Waals surface area contributed by atoms with Crippen LogP contribution in [0.2, 0.25) is 0 Å². The lowest BCUT2D eigenvalue weighted by Gasteiger charge is -2.04. The zero-order chi connectivity index (χ0) is 10.6. The largest absolute Gasteiger partial charge is 0.508 e. The Morgan fingerprint density at radius 1 is 0.933 bits per heavy atom. The first kappa shape index (κ1) is 9.11. The Hall–Kier alpha value is -1.14. The van der Waals surface area contributed by atoms with Crippen LogP contribution in [-0.4, -0.2) is 27.9 Å². The molecule has 5 heteroatoms.